The van der Waals surface area contributed by atoms with E-state index in [4.69, 9.17) is 4.74 Å². The summed E-state index contributed by atoms with van der Waals surface area (Å²) in [6.45, 7) is 5.95. The smallest absolute Gasteiger partial charge is 0.255 e. The van der Waals surface area contributed by atoms with Gasteiger partial charge in [-0.3, -0.25) is 9.48 Å². The highest BCUT2D eigenvalue weighted by Gasteiger charge is 2.12. The Labute approximate surface area is 118 Å². The highest BCUT2D eigenvalue weighted by molar-refractivity contribution is 6.04. The Hall–Kier alpha value is -2.30. The van der Waals surface area contributed by atoms with Crippen LogP contribution >= 0.6 is 0 Å². The molecule has 1 aromatic heterocycles. The van der Waals surface area contributed by atoms with Crippen LogP contribution < -0.4 is 10.1 Å². The lowest BCUT2D eigenvalue weighted by Gasteiger charge is -2.21. The standard InChI is InChI=1S/C15H19N3O2/c1-15(2,3)20-13-7-5-11(6-8-13)14(19)17-12-9-16-18(4)10-12/h5-10H,1-4H3,(H,17,19). The van der Waals surface area contributed by atoms with Crippen molar-refractivity contribution in [1.82, 2.24) is 9.78 Å². The van der Waals surface area contributed by atoms with Crippen LogP contribution in [0.25, 0.3) is 0 Å². The molecule has 0 atom stereocenters. The maximum Gasteiger partial charge on any atom is 0.255 e. The molecule has 0 fully saturated rings. The Balaban J connectivity index is 2.04. The van der Waals surface area contributed by atoms with Crippen molar-refractivity contribution in [2.45, 2.75) is 26.4 Å². The van der Waals surface area contributed by atoms with Gasteiger partial charge < -0.3 is 10.1 Å². The molecule has 5 nitrogen and oxygen atoms in total. The molecule has 1 N–H and O–H groups in total. The molecule has 20 heavy (non-hydrogen) atoms. The minimum Gasteiger partial charge on any atom is -0.488 e. The summed E-state index contributed by atoms with van der Waals surface area (Å²) in [4.78, 5) is 12.0. The molecule has 0 bridgehead atoms. The fourth-order valence-electron chi connectivity index (χ4n) is 1.72. The van der Waals surface area contributed by atoms with Gasteiger partial charge in [-0.05, 0) is 45.0 Å². The van der Waals surface area contributed by atoms with Gasteiger partial charge in [0.1, 0.15) is 11.4 Å². The molecule has 1 heterocycles. The van der Waals surface area contributed by atoms with Gasteiger partial charge in [0.15, 0.2) is 0 Å². The maximum absolute atomic E-state index is 12.0. The summed E-state index contributed by atoms with van der Waals surface area (Å²) in [6, 6.07) is 7.08. The number of anilines is 1. The lowest BCUT2D eigenvalue weighted by molar-refractivity contribution is 0.102. The molecule has 0 saturated carbocycles. The number of hydrogen-bond donors (Lipinski definition) is 1. The van der Waals surface area contributed by atoms with E-state index in [0.29, 0.717) is 11.3 Å². The van der Waals surface area contributed by atoms with Crippen LogP contribution in [0, 0.1) is 0 Å². The molecule has 0 unspecified atom stereocenters. The van der Waals surface area contributed by atoms with Crippen LogP contribution in [0.4, 0.5) is 5.69 Å². The number of amides is 1. The molecule has 0 radical (unpaired) electrons. The van der Waals surface area contributed by atoms with Crippen molar-refractivity contribution in [3.8, 4) is 5.75 Å². The van der Waals surface area contributed by atoms with E-state index >= 15 is 0 Å². The van der Waals surface area contributed by atoms with Crippen molar-refractivity contribution in [3.63, 3.8) is 0 Å². The molecular formula is C15H19N3O2. The third-order valence-electron chi connectivity index (χ3n) is 2.50. The van der Waals surface area contributed by atoms with Crippen molar-refractivity contribution >= 4 is 11.6 Å². The Bertz CT molecular complexity index is 594. The minimum atomic E-state index is -0.251. The molecule has 2 rings (SSSR count). The van der Waals surface area contributed by atoms with Gasteiger partial charge in [0, 0.05) is 18.8 Å². The largest absolute Gasteiger partial charge is 0.488 e. The number of nitrogens with one attached hydrogen (secondary N) is 1. The fraction of sp³-hybridized carbons (Fsp3) is 0.333. The van der Waals surface area contributed by atoms with Crippen LogP contribution in [-0.2, 0) is 7.05 Å². The first-order chi connectivity index (χ1) is 9.33. The highest BCUT2D eigenvalue weighted by Crippen LogP contribution is 2.19. The maximum atomic E-state index is 12.0. The average Bonchev–Trinajstić information content (AvgIpc) is 2.73. The number of benzene rings is 1. The minimum absolute atomic E-state index is 0.166. The van der Waals surface area contributed by atoms with Crippen LogP contribution in [0.15, 0.2) is 36.7 Å². The summed E-state index contributed by atoms with van der Waals surface area (Å²) in [6.07, 6.45) is 3.35. The van der Waals surface area contributed by atoms with Crippen LogP contribution in [0.1, 0.15) is 31.1 Å². The van der Waals surface area contributed by atoms with Crippen molar-refractivity contribution in [3.05, 3.63) is 42.2 Å². The number of carbonyl (C=O) groups excluding carboxylic acids is 1. The zero-order valence-electron chi connectivity index (χ0n) is 12.2. The lowest BCUT2D eigenvalue weighted by Crippen LogP contribution is -2.23. The normalized spacial score (nSPS) is 11.2. The molecule has 0 spiro atoms. The van der Waals surface area contributed by atoms with Crippen molar-refractivity contribution in [2.24, 2.45) is 7.05 Å². The van der Waals surface area contributed by atoms with E-state index in [1.165, 1.54) is 0 Å². The first-order valence-electron chi connectivity index (χ1n) is 6.42. The van der Waals surface area contributed by atoms with Crippen molar-refractivity contribution in [1.29, 1.82) is 0 Å². The van der Waals surface area contributed by atoms with E-state index in [0.717, 1.165) is 5.75 Å². The summed E-state index contributed by atoms with van der Waals surface area (Å²) in [5.74, 6) is 0.579. The first-order valence-corrected chi connectivity index (χ1v) is 6.42. The van der Waals surface area contributed by atoms with Gasteiger partial charge in [0.25, 0.3) is 5.91 Å². The summed E-state index contributed by atoms with van der Waals surface area (Å²) in [7, 11) is 1.80. The molecule has 0 aliphatic rings. The molecule has 5 heteroatoms. The van der Waals surface area contributed by atoms with Crippen LogP contribution in [0.5, 0.6) is 5.75 Å². The van der Waals surface area contributed by atoms with Crippen molar-refractivity contribution in [2.75, 3.05) is 5.32 Å². The second-order valence-electron chi connectivity index (χ2n) is 5.60. The quantitative estimate of drug-likeness (QED) is 0.935. The second-order valence-corrected chi connectivity index (χ2v) is 5.60. The Morgan fingerprint density at radius 1 is 1.25 bits per heavy atom. The molecule has 0 saturated heterocycles. The molecule has 0 aliphatic heterocycles. The zero-order valence-corrected chi connectivity index (χ0v) is 12.2. The monoisotopic (exact) mass is 273 g/mol. The highest BCUT2D eigenvalue weighted by atomic mass is 16.5. The summed E-state index contributed by atoms with van der Waals surface area (Å²) in [5.41, 5.74) is 1.00. The van der Waals surface area contributed by atoms with Gasteiger partial charge in [0.05, 0.1) is 11.9 Å². The summed E-state index contributed by atoms with van der Waals surface area (Å²) >= 11 is 0. The van der Waals surface area contributed by atoms with E-state index in [1.807, 2.05) is 20.8 Å². The van der Waals surface area contributed by atoms with E-state index in [2.05, 4.69) is 10.4 Å². The second kappa shape index (κ2) is 5.36. The van der Waals surface area contributed by atoms with Crippen LogP contribution in [0.2, 0.25) is 0 Å². The molecule has 106 valence electrons. The Kier molecular flexibility index (Phi) is 3.79. The number of nitrogens with zero attached hydrogens (tertiary/aromatic N) is 2. The number of ether oxygens (including phenoxy) is 1. The van der Waals surface area contributed by atoms with E-state index in [1.54, 1.807) is 48.4 Å². The SMILES string of the molecule is Cn1cc(NC(=O)c2ccc(OC(C)(C)C)cc2)cn1. The van der Waals surface area contributed by atoms with Gasteiger partial charge in [-0.1, -0.05) is 0 Å². The molecule has 1 amide bonds. The third kappa shape index (κ3) is 3.85. The fourth-order valence-corrected chi connectivity index (χ4v) is 1.72. The van der Waals surface area contributed by atoms with Gasteiger partial charge in [-0.15, -0.1) is 0 Å². The number of aryl methyl sites for hydroxylation is 1. The van der Waals surface area contributed by atoms with Crippen molar-refractivity contribution < 1.29 is 9.53 Å². The summed E-state index contributed by atoms with van der Waals surface area (Å²) < 4.78 is 7.35. The van der Waals surface area contributed by atoms with Gasteiger partial charge in [-0.2, -0.15) is 5.10 Å². The van der Waals surface area contributed by atoms with E-state index in [9.17, 15) is 4.79 Å². The predicted molar refractivity (Wildman–Crippen MR) is 78.0 cm³/mol. The first kappa shape index (κ1) is 14.1. The zero-order chi connectivity index (χ0) is 14.8. The molecular weight excluding hydrogens is 254 g/mol. The Morgan fingerprint density at radius 2 is 1.90 bits per heavy atom. The molecule has 2 aromatic rings. The average molecular weight is 273 g/mol. The van der Waals surface area contributed by atoms with Gasteiger partial charge >= 0.3 is 0 Å². The van der Waals surface area contributed by atoms with Gasteiger partial charge in [0.2, 0.25) is 0 Å². The van der Waals surface area contributed by atoms with E-state index < -0.39 is 0 Å². The van der Waals surface area contributed by atoms with Gasteiger partial charge in [-0.25, -0.2) is 0 Å². The van der Waals surface area contributed by atoms with E-state index in [-0.39, 0.29) is 11.5 Å². The topological polar surface area (TPSA) is 56.2 Å². The summed E-state index contributed by atoms with van der Waals surface area (Å²) in [5, 5.41) is 6.78. The number of aromatic nitrogens is 2. The number of rotatable bonds is 3. The molecule has 1 aromatic carbocycles. The predicted octanol–water partition coefficient (Wildman–Crippen LogP) is 2.85. The lowest BCUT2D eigenvalue weighted by atomic mass is 10.1. The molecule has 0 aliphatic carbocycles. The van der Waals surface area contributed by atoms with Crippen LogP contribution in [0.3, 0.4) is 0 Å². The number of hydrogen-bond acceptors (Lipinski definition) is 3. The Morgan fingerprint density at radius 3 is 2.40 bits per heavy atom. The third-order valence-corrected chi connectivity index (χ3v) is 2.50. The van der Waals surface area contributed by atoms with Crippen LogP contribution in [-0.4, -0.2) is 21.3 Å². The number of carbonyl (C=O) groups is 1.